The molecule has 0 radical (unpaired) electrons. The lowest BCUT2D eigenvalue weighted by Crippen LogP contribution is -2.53. The maximum absolute atomic E-state index is 12.1. The molecule has 5 heterocycles. The van der Waals surface area contributed by atoms with Gasteiger partial charge in [-0.05, 0) is 19.1 Å². The number of ether oxygens (including phenoxy) is 1. The third-order valence-corrected chi connectivity index (χ3v) is 9.40. The molecule has 4 aromatic rings. The van der Waals surface area contributed by atoms with E-state index in [9.17, 15) is 8.42 Å². The van der Waals surface area contributed by atoms with Crippen molar-refractivity contribution in [2.24, 2.45) is 0 Å². The minimum atomic E-state index is -3.18. The van der Waals surface area contributed by atoms with Gasteiger partial charge in [0.2, 0.25) is 10.0 Å². The van der Waals surface area contributed by atoms with Gasteiger partial charge in [0.1, 0.15) is 0 Å². The number of hydrogen-bond acceptors (Lipinski definition) is 9. The van der Waals surface area contributed by atoms with E-state index in [0.29, 0.717) is 38.7 Å². The van der Waals surface area contributed by atoms with Crippen molar-refractivity contribution in [2.75, 3.05) is 57.1 Å². The molecule has 12 heteroatoms. The summed E-state index contributed by atoms with van der Waals surface area (Å²) < 4.78 is 32.4. The fourth-order valence-corrected chi connectivity index (χ4v) is 7.48. The molecule has 0 saturated carbocycles. The van der Waals surface area contributed by atoms with E-state index in [0.717, 1.165) is 52.1 Å². The Balaban J connectivity index is 1.36. The average Bonchev–Trinajstić information content (AvgIpc) is 3.49. The van der Waals surface area contributed by atoms with Crippen LogP contribution in [0, 0.1) is 0 Å². The van der Waals surface area contributed by atoms with Gasteiger partial charge in [-0.2, -0.15) is 9.40 Å². The van der Waals surface area contributed by atoms with Crippen molar-refractivity contribution in [3.63, 3.8) is 0 Å². The molecule has 2 aliphatic rings. The lowest BCUT2D eigenvalue weighted by Gasteiger charge is -2.38. The molecule has 6 rings (SSSR count). The van der Waals surface area contributed by atoms with Crippen molar-refractivity contribution < 1.29 is 13.2 Å². The third-order valence-electron chi connectivity index (χ3n) is 6.90. The first-order valence-electron chi connectivity index (χ1n) is 12.1. The molecule has 190 valence electrons. The molecule has 2 aliphatic heterocycles. The smallest absolute Gasteiger partial charge is 0.211 e. The fraction of sp³-hybridized carbons (Fsp3) is 0.458. The molecular weight excluding hydrogens is 498 g/mol. The van der Waals surface area contributed by atoms with Gasteiger partial charge in [0, 0.05) is 61.1 Å². The van der Waals surface area contributed by atoms with Crippen molar-refractivity contribution in [2.45, 2.75) is 19.5 Å². The predicted octanol–water partition coefficient (Wildman–Crippen LogP) is 2.54. The normalized spacial score (nSPS) is 20.5. The number of benzene rings is 1. The maximum atomic E-state index is 12.1. The van der Waals surface area contributed by atoms with E-state index in [2.05, 4.69) is 26.1 Å². The van der Waals surface area contributed by atoms with Crippen molar-refractivity contribution in [3.8, 4) is 11.4 Å². The second-order valence-electron chi connectivity index (χ2n) is 9.49. The first-order chi connectivity index (χ1) is 17.4. The van der Waals surface area contributed by atoms with Crippen molar-refractivity contribution in [1.29, 1.82) is 0 Å². The molecule has 3 aromatic heterocycles. The summed E-state index contributed by atoms with van der Waals surface area (Å²) in [6.45, 7) is 7.61. The molecule has 2 saturated heterocycles. The topological polar surface area (TPSA) is 108 Å². The first kappa shape index (κ1) is 23.7. The van der Waals surface area contributed by atoms with E-state index < -0.39 is 10.0 Å². The van der Waals surface area contributed by atoms with Crippen LogP contribution in [0.4, 0.5) is 5.82 Å². The van der Waals surface area contributed by atoms with Crippen LogP contribution in [-0.4, -0.2) is 96.0 Å². The Bertz CT molecular complexity index is 1510. The van der Waals surface area contributed by atoms with E-state index in [4.69, 9.17) is 14.7 Å². The molecule has 0 amide bonds. The van der Waals surface area contributed by atoms with E-state index in [1.807, 2.05) is 31.3 Å². The molecule has 2 fully saturated rings. The van der Waals surface area contributed by atoms with Crippen LogP contribution in [-0.2, 0) is 21.3 Å². The summed E-state index contributed by atoms with van der Waals surface area (Å²) in [5.74, 6) is 1.64. The van der Waals surface area contributed by atoms with Crippen LogP contribution in [0.25, 0.3) is 32.5 Å². The molecule has 10 nitrogen and oxygen atoms in total. The maximum Gasteiger partial charge on any atom is 0.211 e. The number of H-pyrrole nitrogens is 1. The largest absolute Gasteiger partial charge is 0.378 e. The van der Waals surface area contributed by atoms with Crippen LogP contribution >= 0.6 is 11.3 Å². The molecule has 0 unspecified atom stereocenters. The highest BCUT2D eigenvalue weighted by atomic mass is 32.2. The number of fused-ring (bicyclic) bond motifs is 2. The zero-order valence-corrected chi connectivity index (χ0v) is 22.0. The third kappa shape index (κ3) is 4.48. The van der Waals surface area contributed by atoms with E-state index >= 15 is 0 Å². The summed E-state index contributed by atoms with van der Waals surface area (Å²) in [5, 5.41) is 8.24. The van der Waals surface area contributed by atoms with Gasteiger partial charge in [-0.15, -0.1) is 11.3 Å². The highest BCUT2D eigenvalue weighted by Crippen LogP contribution is 2.36. The van der Waals surface area contributed by atoms with Gasteiger partial charge in [0.25, 0.3) is 0 Å². The van der Waals surface area contributed by atoms with Crippen LogP contribution in [0.15, 0.2) is 30.5 Å². The Morgan fingerprint density at radius 1 is 1.17 bits per heavy atom. The summed E-state index contributed by atoms with van der Waals surface area (Å²) in [6, 6.07) is 8.15. The van der Waals surface area contributed by atoms with E-state index in [-0.39, 0.29) is 6.04 Å². The number of piperazine rings is 1. The van der Waals surface area contributed by atoms with Crippen molar-refractivity contribution in [1.82, 2.24) is 29.4 Å². The number of anilines is 1. The number of aromatic nitrogens is 4. The standard InChI is InChI=1S/C24H29N7O3S2/c1-16-14-29(6-7-31(16)36(2,32)33)15-17-12-21-22(35-17)24(30-8-10-34-11-9-30)27-23(26-21)18-4-3-5-20-19(18)13-25-28-20/h3-5,12-13,16H,6-11,14-15H2,1-2H3,(H,25,28)/t16-/m0/s1. The number of sulfonamides is 1. The number of rotatable bonds is 5. The summed E-state index contributed by atoms with van der Waals surface area (Å²) in [7, 11) is -3.18. The second-order valence-corrected chi connectivity index (χ2v) is 12.6. The van der Waals surface area contributed by atoms with Gasteiger partial charge in [-0.1, -0.05) is 12.1 Å². The average molecular weight is 528 g/mol. The van der Waals surface area contributed by atoms with Crippen LogP contribution in [0.1, 0.15) is 11.8 Å². The first-order valence-corrected chi connectivity index (χ1v) is 14.8. The lowest BCUT2D eigenvalue weighted by atomic mass is 10.1. The number of aromatic amines is 1. The van der Waals surface area contributed by atoms with E-state index in [1.165, 1.54) is 11.1 Å². The Hall–Kier alpha value is -2.64. The highest BCUT2D eigenvalue weighted by molar-refractivity contribution is 7.88. The fourth-order valence-electron chi connectivity index (χ4n) is 5.19. The number of nitrogens with one attached hydrogen (secondary N) is 1. The number of thiophene rings is 1. The molecule has 36 heavy (non-hydrogen) atoms. The second kappa shape index (κ2) is 9.34. The van der Waals surface area contributed by atoms with Gasteiger partial charge in [0.15, 0.2) is 11.6 Å². The molecule has 0 bridgehead atoms. The highest BCUT2D eigenvalue weighted by Gasteiger charge is 2.30. The lowest BCUT2D eigenvalue weighted by molar-refractivity contribution is 0.122. The molecule has 0 spiro atoms. The number of hydrogen-bond donors (Lipinski definition) is 1. The minimum absolute atomic E-state index is 0.0473. The quantitative estimate of drug-likeness (QED) is 0.422. The van der Waals surface area contributed by atoms with Gasteiger partial charge in [-0.25, -0.2) is 18.4 Å². The monoisotopic (exact) mass is 527 g/mol. The Morgan fingerprint density at radius 2 is 2.00 bits per heavy atom. The number of nitrogens with zero attached hydrogens (tertiary/aromatic N) is 6. The van der Waals surface area contributed by atoms with Crippen LogP contribution in [0.5, 0.6) is 0 Å². The molecule has 1 aromatic carbocycles. The van der Waals surface area contributed by atoms with Gasteiger partial charge < -0.3 is 9.64 Å². The summed E-state index contributed by atoms with van der Waals surface area (Å²) in [5.41, 5.74) is 2.85. The van der Waals surface area contributed by atoms with Crippen LogP contribution in [0.2, 0.25) is 0 Å². The molecule has 1 atom stereocenters. The molecular formula is C24H29N7O3S2. The number of morpholine rings is 1. The van der Waals surface area contributed by atoms with Crippen LogP contribution < -0.4 is 4.90 Å². The predicted molar refractivity (Wildman–Crippen MR) is 142 cm³/mol. The summed E-state index contributed by atoms with van der Waals surface area (Å²) >= 11 is 1.73. The van der Waals surface area contributed by atoms with Gasteiger partial charge in [0.05, 0.1) is 41.4 Å². The van der Waals surface area contributed by atoms with Crippen LogP contribution in [0.3, 0.4) is 0 Å². The Morgan fingerprint density at radius 3 is 2.78 bits per heavy atom. The minimum Gasteiger partial charge on any atom is -0.378 e. The zero-order chi connectivity index (χ0) is 24.9. The molecule has 1 N–H and O–H groups in total. The SMILES string of the molecule is C[C@H]1CN(Cc2cc3nc(-c4cccc5[nH]ncc45)nc(N4CCOCC4)c3s2)CCN1S(C)(=O)=O. The van der Waals surface area contributed by atoms with Crippen molar-refractivity contribution >= 4 is 48.3 Å². The van der Waals surface area contributed by atoms with Gasteiger partial charge in [-0.3, -0.25) is 10.00 Å². The Kier molecular flexibility index (Phi) is 6.16. The van der Waals surface area contributed by atoms with Crippen molar-refractivity contribution in [3.05, 3.63) is 35.3 Å². The van der Waals surface area contributed by atoms with Gasteiger partial charge >= 0.3 is 0 Å². The zero-order valence-electron chi connectivity index (χ0n) is 20.3. The van der Waals surface area contributed by atoms with E-state index in [1.54, 1.807) is 15.6 Å². The molecule has 0 aliphatic carbocycles. The summed E-state index contributed by atoms with van der Waals surface area (Å²) in [6.07, 6.45) is 3.11. The summed E-state index contributed by atoms with van der Waals surface area (Å²) in [4.78, 5) is 15.9. The Labute approximate surface area is 213 Å².